The van der Waals surface area contributed by atoms with Gasteiger partial charge in [0, 0.05) is 5.69 Å². The Kier molecular flexibility index (Phi) is 9.19. The van der Waals surface area contributed by atoms with Crippen LogP contribution in [-0.2, 0) is 9.53 Å². The van der Waals surface area contributed by atoms with Crippen LogP contribution >= 0.6 is 0 Å². The molecule has 1 aliphatic carbocycles. The molecule has 1 saturated carbocycles. The van der Waals surface area contributed by atoms with E-state index in [1.807, 2.05) is 32.9 Å². The van der Waals surface area contributed by atoms with E-state index in [0.29, 0.717) is 11.3 Å². The molecular formula is C32H36FN3O4. The van der Waals surface area contributed by atoms with Crippen molar-refractivity contribution in [3.8, 4) is 11.1 Å². The Morgan fingerprint density at radius 1 is 0.850 bits per heavy atom. The van der Waals surface area contributed by atoms with Crippen LogP contribution in [0.3, 0.4) is 0 Å². The van der Waals surface area contributed by atoms with Crippen LogP contribution in [0.1, 0.15) is 59.2 Å². The van der Waals surface area contributed by atoms with Crippen LogP contribution in [0.5, 0.6) is 0 Å². The number of hydrogen-bond donors (Lipinski definition) is 3. The van der Waals surface area contributed by atoms with Crippen molar-refractivity contribution >= 4 is 29.3 Å². The molecule has 210 valence electrons. The van der Waals surface area contributed by atoms with Crippen molar-refractivity contribution in [2.24, 2.45) is 5.92 Å². The van der Waals surface area contributed by atoms with Gasteiger partial charge in [0.2, 0.25) is 0 Å². The molecule has 3 aromatic carbocycles. The molecule has 8 heteroatoms. The van der Waals surface area contributed by atoms with Gasteiger partial charge in [-0.05, 0) is 86.1 Å². The number of ether oxygens (including phenoxy) is 1. The molecule has 0 spiro atoms. The Balaban J connectivity index is 1.65. The summed E-state index contributed by atoms with van der Waals surface area (Å²) in [6, 6.07) is 13.6. The van der Waals surface area contributed by atoms with Gasteiger partial charge in [0.05, 0.1) is 18.4 Å². The number of urea groups is 1. The Morgan fingerprint density at radius 2 is 1.48 bits per heavy atom. The van der Waals surface area contributed by atoms with Crippen LogP contribution in [0.15, 0.2) is 54.6 Å². The van der Waals surface area contributed by atoms with Gasteiger partial charge in [-0.1, -0.05) is 55.2 Å². The van der Waals surface area contributed by atoms with Gasteiger partial charge in [-0.15, -0.1) is 0 Å². The van der Waals surface area contributed by atoms with Gasteiger partial charge in [0.1, 0.15) is 11.9 Å². The fourth-order valence-electron chi connectivity index (χ4n) is 5.49. The lowest BCUT2D eigenvalue weighted by molar-refractivity contribution is -0.144. The average molecular weight is 546 g/mol. The predicted molar refractivity (Wildman–Crippen MR) is 155 cm³/mol. The Hall–Kier alpha value is -4.20. The van der Waals surface area contributed by atoms with E-state index in [9.17, 15) is 18.8 Å². The van der Waals surface area contributed by atoms with Gasteiger partial charge in [-0.3, -0.25) is 4.79 Å². The zero-order valence-electron chi connectivity index (χ0n) is 23.4. The maximum absolute atomic E-state index is 13.6. The first-order valence-electron chi connectivity index (χ1n) is 13.6. The third-order valence-corrected chi connectivity index (χ3v) is 7.47. The van der Waals surface area contributed by atoms with Gasteiger partial charge in [-0.2, -0.15) is 0 Å². The molecule has 0 bridgehead atoms. The lowest BCUT2D eigenvalue weighted by Crippen LogP contribution is -2.47. The number of rotatable bonds is 7. The maximum atomic E-state index is 13.6. The van der Waals surface area contributed by atoms with Crippen molar-refractivity contribution in [3.63, 3.8) is 0 Å². The molecule has 0 aromatic heterocycles. The number of halogens is 1. The largest absolute Gasteiger partial charge is 0.467 e. The molecule has 3 aromatic rings. The molecule has 0 radical (unpaired) electrons. The van der Waals surface area contributed by atoms with E-state index in [0.717, 1.165) is 54.4 Å². The maximum Gasteiger partial charge on any atom is 0.328 e. The zero-order valence-corrected chi connectivity index (χ0v) is 23.4. The van der Waals surface area contributed by atoms with Crippen molar-refractivity contribution in [2.45, 2.75) is 58.9 Å². The highest BCUT2D eigenvalue weighted by molar-refractivity contribution is 6.08. The standard InChI is InChI=1S/C32H36FN3O4/c1-19-16-20(2)28(21(3)17-19)36-32(39)34-27-18-24(22-10-13-25(33)14-11-22)12-15-26(27)30(37)35-29(31(38)40-4)23-8-6-5-7-9-23/h10-18,23,29H,5-9H2,1-4H3,(H,35,37)(H2,34,36,39)/t29-/m0/s1. The minimum Gasteiger partial charge on any atom is -0.467 e. The summed E-state index contributed by atoms with van der Waals surface area (Å²) in [4.78, 5) is 39.4. The van der Waals surface area contributed by atoms with E-state index in [4.69, 9.17) is 4.74 Å². The van der Waals surface area contributed by atoms with Gasteiger partial charge in [-0.25, -0.2) is 14.0 Å². The monoisotopic (exact) mass is 545 g/mol. The summed E-state index contributed by atoms with van der Waals surface area (Å²) in [5, 5.41) is 8.60. The summed E-state index contributed by atoms with van der Waals surface area (Å²) in [5.41, 5.74) is 5.47. The number of anilines is 2. The number of benzene rings is 3. The minimum atomic E-state index is -0.783. The molecule has 7 nitrogen and oxygen atoms in total. The smallest absolute Gasteiger partial charge is 0.328 e. The molecule has 40 heavy (non-hydrogen) atoms. The minimum absolute atomic E-state index is 0.0177. The Morgan fingerprint density at radius 3 is 2.10 bits per heavy atom. The highest BCUT2D eigenvalue weighted by Crippen LogP contribution is 2.30. The number of aryl methyl sites for hydroxylation is 3. The predicted octanol–water partition coefficient (Wildman–Crippen LogP) is 6.91. The number of esters is 1. The quantitative estimate of drug-likeness (QED) is 0.281. The molecular weight excluding hydrogens is 509 g/mol. The van der Waals surface area contributed by atoms with Crippen molar-refractivity contribution in [3.05, 3.63) is 82.7 Å². The summed E-state index contributed by atoms with van der Waals surface area (Å²) in [7, 11) is 1.31. The second-order valence-electron chi connectivity index (χ2n) is 10.5. The van der Waals surface area contributed by atoms with E-state index in [1.54, 1.807) is 30.3 Å². The van der Waals surface area contributed by atoms with Gasteiger partial charge in [0.15, 0.2) is 0 Å². The van der Waals surface area contributed by atoms with E-state index >= 15 is 0 Å². The molecule has 0 aliphatic heterocycles. The van der Waals surface area contributed by atoms with E-state index in [1.165, 1.54) is 19.2 Å². The second-order valence-corrected chi connectivity index (χ2v) is 10.5. The second kappa shape index (κ2) is 12.8. The van der Waals surface area contributed by atoms with E-state index in [-0.39, 0.29) is 23.0 Å². The lowest BCUT2D eigenvalue weighted by Gasteiger charge is -2.29. The molecule has 4 rings (SSSR count). The molecule has 0 heterocycles. The number of carbonyl (C=O) groups is 3. The fourth-order valence-corrected chi connectivity index (χ4v) is 5.49. The summed E-state index contributed by atoms with van der Waals surface area (Å²) in [6.45, 7) is 5.83. The molecule has 1 fully saturated rings. The molecule has 0 unspecified atom stereocenters. The van der Waals surface area contributed by atoms with Crippen molar-refractivity contribution in [1.29, 1.82) is 0 Å². The van der Waals surface area contributed by atoms with Gasteiger partial charge < -0.3 is 20.7 Å². The van der Waals surface area contributed by atoms with Crippen LogP contribution < -0.4 is 16.0 Å². The zero-order chi connectivity index (χ0) is 28.8. The molecule has 3 N–H and O–H groups in total. The Bertz CT molecular complexity index is 1370. The highest BCUT2D eigenvalue weighted by atomic mass is 19.1. The summed E-state index contributed by atoms with van der Waals surface area (Å²) < 4.78 is 18.6. The third-order valence-electron chi connectivity index (χ3n) is 7.47. The SMILES string of the molecule is COC(=O)[C@@H](NC(=O)c1ccc(-c2ccc(F)cc2)cc1NC(=O)Nc1c(C)cc(C)cc1C)C1CCCCC1. The number of carbonyl (C=O) groups excluding carboxylic acids is 3. The first-order chi connectivity index (χ1) is 19.2. The number of nitrogens with one attached hydrogen (secondary N) is 3. The van der Waals surface area contributed by atoms with Crippen LogP contribution in [0.2, 0.25) is 0 Å². The van der Waals surface area contributed by atoms with Gasteiger partial charge in [0.25, 0.3) is 5.91 Å². The summed E-state index contributed by atoms with van der Waals surface area (Å²) in [6.07, 6.45) is 4.74. The van der Waals surface area contributed by atoms with Gasteiger partial charge >= 0.3 is 12.0 Å². The van der Waals surface area contributed by atoms with Crippen LogP contribution in [0, 0.1) is 32.5 Å². The van der Waals surface area contributed by atoms with Crippen LogP contribution in [0.4, 0.5) is 20.6 Å². The normalized spacial score (nSPS) is 14.2. The molecule has 3 amide bonds. The Labute approximate surface area is 234 Å². The topological polar surface area (TPSA) is 96.5 Å². The van der Waals surface area contributed by atoms with E-state index in [2.05, 4.69) is 16.0 Å². The molecule has 1 aliphatic rings. The first-order valence-corrected chi connectivity index (χ1v) is 13.6. The molecule has 1 atom stereocenters. The third kappa shape index (κ3) is 6.86. The lowest BCUT2D eigenvalue weighted by atomic mass is 9.83. The summed E-state index contributed by atoms with van der Waals surface area (Å²) >= 11 is 0. The average Bonchev–Trinajstić information content (AvgIpc) is 2.94. The van der Waals surface area contributed by atoms with Crippen LogP contribution in [-0.4, -0.2) is 31.1 Å². The molecule has 0 saturated heterocycles. The van der Waals surface area contributed by atoms with Crippen molar-refractivity contribution in [2.75, 3.05) is 17.7 Å². The van der Waals surface area contributed by atoms with Crippen LogP contribution in [0.25, 0.3) is 11.1 Å². The number of methoxy groups -OCH3 is 1. The number of hydrogen-bond acceptors (Lipinski definition) is 4. The highest BCUT2D eigenvalue weighted by Gasteiger charge is 2.32. The summed E-state index contributed by atoms with van der Waals surface area (Å²) in [5.74, 6) is -1.36. The fraction of sp³-hybridized carbons (Fsp3) is 0.344. The van der Waals surface area contributed by atoms with E-state index < -0.39 is 23.9 Å². The number of amides is 3. The van der Waals surface area contributed by atoms with Crippen molar-refractivity contribution < 1.29 is 23.5 Å². The first kappa shape index (κ1) is 28.8. The van der Waals surface area contributed by atoms with Crippen molar-refractivity contribution in [1.82, 2.24) is 5.32 Å².